The summed E-state index contributed by atoms with van der Waals surface area (Å²) in [6.07, 6.45) is 4.22. The molecule has 0 saturated heterocycles. The lowest BCUT2D eigenvalue weighted by Crippen LogP contribution is -2.46. The minimum atomic E-state index is -0.485. The van der Waals surface area contributed by atoms with E-state index in [2.05, 4.69) is 6.07 Å². The Labute approximate surface area is 90.3 Å². The van der Waals surface area contributed by atoms with E-state index in [-0.39, 0.29) is 5.91 Å². The fraction of sp³-hybridized carbons (Fsp3) is 0.636. The van der Waals surface area contributed by atoms with Crippen molar-refractivity contribution in [3.63, 3.8) is 0 Å². The maximum atomic E-state index is 11.9. The van der Waals surface area contributed by atoms with E-state index in [1.165, 1.54) is 4.90 Å². The summed E-state index contributed by atoms with van der Waals surface area (Å²) in [5.41, 5.74) is 5.79. The van der Waals surface area contributed by atoms with Crippen LogP contribution in [0, 0.1) is 17.2 Å². The van der Waals surface area contributed by atoms with E-state index in [4.69, 9.17) is 11.0 Å². The molecule has 0 aromatic carbocycles. The molecule has 1 heterocycles. The van der Waals surface area contributed by atoms with Gasteiger partial charge in [-0.1, -0.05) is 19.9 Å². The summed E-state index contributed by atoms with van der Waals surface area (Å²) in [6.45, 7) is 4.55. The minimum absolute atomic E-state index is 0.125. The van der Waals surface area contributed by atoms with Crippen molar-refractivity contribution in [2.45, 2.75) is 32.4 Å². The molecule has 2 unspecified atom stereocenters. The third-order valence-electron chi connectivity index (χ3n) is 2.41. The summed E-state index contributed by atoms with van der Waals surface area (Å²) in [5, 5.41) is 8.81. The van der Waals surface area contributed by atoms with Gasteiger partial charge in [0.2, 0.25) is 5.91 Å². The van der Waals surface area contributed by atoms with E-state index in [1.807, 2.05) is 19.9 Å². The van der Waals surface area contributed by atoms with Gasteiger partial charge in [0.05, 0.1) is 12.1 Å². The lowest BCUT2D eigenvalue weighted by Gasteiger charge is -2.24. The molecule has 2 atom stereocenters. The van der Waals surface area contributed by atoms with Crippen molar-refractivity contribution < 1.29 is 4.79 Å². The average Bonchev–Trinajstić information content (AvgIpc) is 2.62. The van der Waals surface area contributed by atoms with Crippen molar-refractivity contribution in [2.24, 2.45) is 11.7 Å². The van der Waals surface area contributed by atoms with E-state index >= 15 is 0 Å². The van der Waals surface area contributed by atoms with Crippen LogP contribution in [0.1, 0.15) is 20.3 Å². The standard InChI is InChI=1S/C11H17N3O/c1-8(2)6-10(13)11(15)14-5-3-4-9(14)7-12/h3-4,8-10H,5-6,13H2,1-2H3. The summed E-state index contributed by atoms with van der Waals surface area (Å²) in [5.74, 6) is 0.264. The third-order valence-corrected chi connectivity index (χ3v) is 2.41. The predicted molar refractivity (Wildman–Crippen MR) is 57.7 cm³/mol. The third kappa shape index (κ3) is 2.80. The van der Waals surface area contributed by atoms with Crippen molar-refractivity contribution in [1.82, 2.24) is 4.90 Å². The van der Waals surface area contributed by atoms with E-state index < -0.39 is 12.1 Å². The molecule has 0 aromatic heterocycles. The number of hydrogen-bond donors (Lipinski definition) is 1. The van der Waals surface area contributed by atoms with Crippen LogP contribution in [0.3, 0.4) is 0 Å². The van der Waals surface area contributed by atoms with Crippen molar-refractivity contribution >= 4 is 5.91 Å². The van der Waals surface area contributed by atoms with Gasteiger partial charge in [-0.15, -0.1) is 0 Å². The van der Waals surface area contributed by atoms with Crippen LogP contribution in [-0.4, -0.2) is 29.4 Å². The lowest BCUT2D eigenvalue weighted by molar-refractivity contribution is -0.132. The smallest absolute Gasteiger partial charge is 0.241 e. The Balaban J connectivity index is 2.58. The van der Waals surface area contributed by atoms with E-state index in [9.17, 15) is 4.79 Å². The van der Waals surface area contributed by atoms with Crippen LogP contribution >= 0.6 is 0 Å². The molecule has 1 rings (SSSR count). The highest BCUT2D eigenvalue weighted by atomic mass is 16.2. The molecule has 1 aliphatic rings. The van der Waals surface area contributed by atoms with Gasteiger partial charge in [-0.05, 0) is 18.4 Å². The maximum absolute atomic E-state index is 11.9. The van der Waals surface area contributed by atoms with Gasteiger partial charge in [0.25, 0.3) is 0 Å². The Morgan fingerprint density at radius 1 is 1.73 bits per heavy atom. The molecule has 0 bridgehead atoms. The lowest BCUT2D eigenvalue weighted by atomic mass is 10.0. The Kier molecular flexibility index (Phi) is 3.87. The van der Waals surface area contributed by atoms with Gasteiger partial charge >= 0.3 is 0 Å². The van der Waals surface area contributed by atoms with Crippen LogP contribution in [0.2, 0.25) is 0 Å². The molecule has 4 heteroatoms. The molecule has 0 radical (unpaired) electrons. The molecule has 2 N–H and O–H groups in total. The number of nitrogens with zero attached hydrogens (tertiary/aromatic N) is 2. The summed E-state index contributed by atoms with van der Waals surface area (Å²) < 4.78 is 0. The molecule has 82 valence electrons. The first-order chi connectivity index (χ1) is 7.06. The molecular weight excluding hydrogens is 190 g/mol. The van der Waals surface area contributed by atoms with Crippen LogP contribution in [-0.2, 0) is 4.79 Å². The molecule has 1 amide bonds. The number of hydrogen-bond acceptors (Lipinski definition) is 3. The predicted octanol–water partition coefficient (Wildman–Crippen LogP) is 0.650. The fourth-order valence-electron chi connectivity index (χ4n) is 1.68. The number of carbonyl (C=O) groups is 1. The van der Waals surface area contributed by atoms with Gasteiger partial charge in [-0.2, -0.15) is 5.26 Å². The maximum Gasteiger partial charge on any atom is 0.241 e. The zero-order valence-electron chi connectivity index (χ0n) is 9.18. The zero-order valence-corrected chi connectivity index (χ0v) is 9.18. The molecule has 1 aliphatic heterocycles. The first-order valence-corrected chi connectivity index (χ1v) is 5.18. The van der Waals surface area contributed by atoms with E-state index in [0.29, 0.717) is 18.9 Å². The van der Waals surface area contributed by atoms with Gasteiger partial charge in [0.1, 0.15) is 6.04 Å². The number of nitriles is 1. The molecular formula is C11H17N3O. The Bertz CT molecular complexity index is 303. The molecule has 0 saturated carbocycles. The topological polar surface area (TPSA) is 70.1 Å². The normalized spacial score (nSPS) is 21.8. The van der Waals surface area contributed by atoms with Crippen LogP contribution < -0.4 is 5.73 Å². The van der Waals surface area contributed by atoms with Crippen LogP contribution in [0.15, 0.2) is 12.2 Å². The van der Waals surface area contributed by atoms with Crippen molar-refractivity contribution in [3.8, 4) is 6.07 Å². The summed E-state index contributed by atoms with van der Waals surface area (Å²) in [7, 11) is 0. The number of amides is 1. The van der Waals surface area contributed by atoms with Gasteiger partial charge in [0.15, 0.2) is 0 Å². The average molecular weight is 207 g/mol. The second-order valence-electron chi connectivity index (χ2n) is 4.23. The second kappa shape index (κ2) is 4.94. The first kappa shape index (κ1) is 11.7. The SMILES string of the molecule is CC(C)CC(N)C(=O)N1CC=CC1C#N. The van der Waals surface area contributed by atoms with Gasteiger partial charge < -0.3 is 10.6 Å². The van der Waals surface area contributed by atoms with E-state index in [0.717, 1.165) is 0 Å². The van der Waals surface area contributed by atoms with Crippen LogP contribution in [0.4, 0.5) is 0 Å². The largest absolute Gasteiger partial charge is 0.320 e. The fourth-order valence-corrected chi connectivity index (χ4v) is 1.68. The summed E-state index contributed by atoms with van der Waals surface area (Å²) in [6, 6.07) is 1.15. The highest BCUT2D eigenvalue weighted by Crippen LogP contribution is 2.13. The molecule has 0 aromatic rings. The van der Waals surface area contributed by atoms with Gasteiger partial charge in [0, 0.05) is 6.54 Å². The van der Waals surface area contributed by atoms with Gasteiger partial charge in [-0.25, -0.2) is 0 Å². The van der Waals surface area contributed by atoms with Crippen LogP contribution in [0.25, 0.3) is 0 Å². The Morgan fingerprint density at radius 3 is 2.93 bits per heavy atom. The summed E-state index contributed by atoms with van der Waals surface area (Å²) >= 11 is 0. The number of rotatable bonds is 3. The molecule has 0 aliphatic carbocycles. The highest BCUT2D eigenvalue weighted by molar-refractivity contribution is 5.83. The molecule has 4 nitrogen and oxygen atoms in total. The number of carbonyl (C=O) groups excluding carboxylic acids is 1. The minimum Gasteiger partial charge on any atom is -0.320 e. The Hall–Kier alpha value is -1.34. The molecule has 15 heavy (non-hydrogen) atoms. The number of nitrogens with two attached hydrogens (primary N) is 1. The Morgan fingerprint density at radius 2 is 2.40 bits per heavy atom. The van der Waals surface area contributed by atoms with E-state index in [1.54, 1.807) is 6.08 Å². The highest BCUT2D eigenvalue weighted by Gasteiger charge is 2.28. The van der Waals surface area contributed by atoms with Crippen LogP contribution in [0.5, 0.6) is 0 Å². The molecule has 0 fully saturated rings. The van der Waals surface area contributed by atoms with Crippen molar-refractivity contribution in [2.75, 3.05) is 6.54 Å². The zero-order chi connectivity index (χ0) is 11.4. The first-order valence-electron chi connectivity index (χ1n) is 5.18. The second-order valence-corrected chi connectivity index (χ2v) is 4.23. The monoisotopic (exact) mass is 207 g/mol. The van der Waals surface area contributed by atoms with Crippen molar-refractivity contribution in [1.29, 1.82) is 5.26 Å². The van der Waals surface area contributed by atoms with Crippen molar-refractivity contribution in [3.05, 3.63) is 12.2 Å². The van der Waals surface area contributed by atoms with Gasteiger partial charge in [-0.3, -0.25) is 4.79 Å². The summed E-state index contributed by atoms with van der Waals surface area (Å²) in [4.78, 5) is 13.4. The molecule has 0 spiro atoms. The quantitative estimate of drug-likeness (QED) is 0.691.